The van der Waals surface area contributed by atoms with Crippen LogP contribution in [0.15, 0.2) is 17.3 Å². The maximum Gasteiger partial charge on any atom is 0.253 e. The maximum atomic E-state index is 12.3. The van der Waals surface area contributed by atoms with E-state index in [-0.39, 0.29) is 10.1 Å². The summed E-state index contributed by atoms with van der Waals surface area (Å²) in [5.41, 5.74) is 0. The van der Waals surface area contributed by atoms with Gasteiger partial charge in [0.1, 0.15) is 8.24 Å². The molecule has 7 heteroatoms. The molecule has 0 aliphatic heterocycles. The van der Waals surface area contributed by atoms with Crippen LogP contribution in [0.4, 0.5) is 0 Å². The molecule has 0 unspecified atom stereocenters. The molecule has 0 fully saturated rings. The molecule has 0 aliphatic rings. The molecular weight excluding hydrogens is 266 g/mol. The molecule has 18 heavy (non-hydrogen) atoms. The average molecular weight is 289 g/mol. The summed E-state index contributed by atoms with van der Waals surface area (Å²) in [6, 6.07) is 1.54. The van der Waals surface area contributed by atoms with Gasteiger partial charge in [0, 0.05) is 12.7 Å². The standard InChI is InChI=1S/C11H23N3O2SSi/c1-7-14-9-8-10(12-14)17(15,16)13-18(5,6)11(2,3)4/h8-9,13H,7H2,1-6H3. The van der Waals surface area contributed by atoms with E-state index < -0.39 is 18.3 Å². The van der Waals surface area contributed by atoms with E-state index >= 15 is 0 Å². The van der Waals surface area contributed by atoms with Crippen molar-refractivity contribution in [3.8, 4) is 0 Å². The van der Waals surface area contributed by atoms with Crippen molar-refractivity contribution >= 4 is 18.3 Å². The van der Waals surface area contributed by atoms with E-state index in [0.717, 1.165) is 0 Å². The first kappa shape index (κ1) is 15.4. The minimum atomic E-state index is -3.51. The van der Waals surface area contributed by atoms with Gasteiger partial charge < -0.3 is 0 Å². The van der Waals surface area contributed by atoms with E-state index in [9.17, 15) is 8.42 Å². The highest BCUT2D eigenvalue weighted by molar-refractivity contribution is 7.90. The van der Waals surface area contributed by atoms with Crippen molar-refractivity contribution in [2.75, 3.05) is 0 Å². The highest BCUT2D eigenvalue weighted by atomic mass is 32.2. The minimum Gasteiger partial charge on any atom is -0.272 e. The first-order chi connectivity index (χ1) is 7.99. The SMILES string of the molecule is CCn1ccc(S(=O)(=O)N[Si](C)(C)C(C)(C)C)n1. The van der Waals surface area contributed by atoms with Crippen LogP contribution in [0.5, 0.6) is 0 Å². The summed E-state index contributed by atoms with van der Waals surface area (Å²) >= 11 is 0. The third kappa shape index (κ3) is 3.21. The van der Waals surface area contributed by atoms with Crippen LogP contribution in [0, 0.1) is 0 Å². The van der Waals surface area contributed by atoms with Crippen LogP contribution in [-0.4, -0.2) is 26.4 Å². The van der Waals surface area contributed by atoms with Crippen LogP contribution >= 0.6 is 0 Å². The van der Waals surface area contributed by atoms with Crippen LogP contribution < -0.4 is 4.39 Å². The van der Waals surface area contributed by atoms with Gasteiger partial charge in [-0.05, 0) is 18.0 Å². The molecule has 0 aliphatic carbocycles. The minimum absolute atomic E-state index is 0.0482. The Morgan fingerprint density at radius 1 is 1.39 bits per heavy atom. The predicted molar refractivity (Wildman–Crippen MR) is 75.4 cm³/mol. The molecule has 5 nitrogen and oxygen atoms in total. The quantitative estimate of drug-likeness (QED) is 0.864. The molecule has 0 spiro atoms. The fourth-order valence-corrected chi connectivity index (χ4v) is 5.99. The molecule has 1 N–H and O–H groups in total. The molecular formula is C11H23N3O2SSi. The fraction of sp³-hybridized carbons (Fsp3) is 0.727. The number of rotatable bonds is 4. The summed E-state index contributed by atoms with van der Waals surface area (Å²) in [5, 5.41) is 4.11. The van der Waals surface area contributed by atoms with Gasteiger partial charge in [-0.2, -0.15) is 5.10 Å². The van der Waals surface area contributed by atoms with Crippen molar-refractivity contribution in [1.29, 1.82) is 0 Å². The van der Waals surface area contributed by atoms with E-state index in [0.29, 0.717) is 6.54 Å². The summed E-state index contributed by atoms with van der Waals surface area (Å²) in [6.07, 6.45) is 1.68. The number of sulfonamides is 1. The smallest absolute Gasteiger partial charge is 0.253 e. The Hall–Kier alpha value is -0.663. The first-order valence-electron chi connectivity index (χ1n) is 6.07. The third-order valence-electron chi connectivity index (χ3n) is 3.48. The zero-order valence-corrected chi connectivity index (χ0v) is 13.8. The fourth-order valence-electron chi connectivity index (χ4n) is 1.20. The lowest BCUT2D eigenvalue weighted by Crippen LogP contribution is -2.54. The van der Waals surface area contributed by atoms with Crippen molar-refractivity contribution in [3.63, 3.8) is 0 Å². The highest BCUT2D eigenvalue weighted by Crippen LogP contribution is 2.34. The molecule has 1 rings (SSSR count). The summed E-state index contributed by atoms with van der Waals surface area (Å²) in [7, 11) is -5.62. The number of hydrogen-bond donors (Lipinski definition) is 1. The molecule has 0 saturated carbocycles. The second kappa shape index (κ2) is 4.79. The van der Waals surface area contributed by atoms with Gasteiger partial charge in [-0.15, -0.1) is 0 Å². The Morgan fingerprint density at radius 2 is 1.94 bits per heavy atom. The van der Waals surface area contributed by atoms with Gasteiger partial charge in [0.25, 0.3) is 10.0 Å². The largest absolute Gasteiger partial charge is 0.272 e. The van der Waals surface area contributed by atoms with E-state index in [1.165, 1.54) is 0 Å². The molecule has 104 valence electrons. The zero-order valence-electron chi connectivity index (χ0n) is 12.0. The van der Waals surface area contributed by atoms with Crippen molar-refractivity contribution in [3.05, 3.63) is 12.3 Å². The zero-order chi connectivity index (χ0) is 14.2. The third-order valence-corrected chi connectivity index (χ3v) is 11.1. The molecule has 0 atom stereocenters. The highest BCUT2D eigenvalue weighted by Gasteiger charge is 2.39. The lowest BCUT2D eigenvalue weighted by molar-refractivity contribution is 0.575. The molecule has 1 aromatic heterocycles. The van der Waals surface area contributed by atoms with Crippen molar-refractivity contribution in [1.82, 2.24) is 14.2 Å². The van der Waals surface area contributed by atoms with Crippen LogP contribution in [0.1, 0.15) is 27.7 Å². The summed E-state index contributed by atoms with van der Waals surface area (Å²) in [5.74, 6) is 0. The number of nitrogens with one attached hydrogen (secondary N) is 1. The van der Waals surface area contributed by atoms with Crippen LogP contribution in [0.25, 0.3) is 0 Å². The molecule has 0 amide bonds. The Kier molecular flexibility index (Phi) is 4.09. The summed E-state index contributed by atoms with van der Waals surface area (Å²) in [6.45, 7) is 12.8. The second-order valence-corrected chi connectivity index (χ2v) is 13.0. The number of nitrogens with zero attached hydrogens (tertiary/aromatic N) is 2. The number of aromatic nitrogens is 2. The Morgan fingerprint density at radius 3 is 2.33 bits per heavy atom. The van der Waals surface area contributed by atoms with Gasteiger partial charge in [-0.1, -0.05) is 33.9 Å². The van der Waals surface area contributed by atoms with E-state index in [1.54, 1.807) is 16.9 Å². The Balaban J connectivity index is 3.02. The molecule has 0 radical (unpaired) electrons. The number of aryl methyl sites for hydroxylation is 1. The monoisotopic (exact) mass is 289 g/mol. The van der Waals surface area contributed by atoms with Gasteiger partial charge in [0.05, 0.1) is 0 Å². The van der Waals surface area contributed by atoms with Gasteiger partial charge in [0.2, 0.25) is 0 Å². The Bertz CT molecular complexity index is 515. The summed E-state index contributed by atoms with van der Waals surface area (Å²) < 4.78 is 29.0. The first-order valence-corrected chi connectivity index (χ1v) is 10.6. The molecule has 1 aromatic rings. The topological polar surface area (TPSA) is 64.0 Å². The lowest BCUT2D eigenvalue weighted by Gasteiger charge is -2.36. The van der Waals surface area contributed by atoms with E-state index in [2.05, 4.69) is 30.3 Å². The molecule has 0 aromatic carbocycles. The van der Waals surface area contributed by atoms with Gasteiger partial charge in [-0.25, -0.2) is 12.8 Å². The van der Waals surface area contributed by atoms with Crippen LogP contribution in [0.2, 0.25) is 18.1 Å². The molecule has 1 heterocycles. The number of hydrogen-bond acceptors (Lipinski definition) is 3. The average Bonchev–Trinajstić information content (AvgIpc) is 2.62. The molecule has 0 saturated heterocycles. The summed E-state index contributed by atoms with van der Waals surface area (Å²) in [4.78, 5) is 0. The normalized spacial score (nSPS) is 13.9. The van der Waals surface area contributed by atoms with E-state index in [4.69, 9.17) is 0 Å². The van der Waals surface area contributed by atoms with Crippen LogP contribution in [0.3, 0.4) is 0 Å². The van der Waals surface area contributed by atoms with Gasteiger partial charge in [0.15, 0.2) is 5.03 Å². The van der Waals surface area contributed by atoms with Gasteiger partial charge >= 0.3 is 0 Å². The van der Waals surface area contributed by atoms with Crippen LogP contribution in [-0.2, 0) is 16.6 Å². The van der Waals surface area contributed by atoms with Crippen molar-refractivity contribution in [2.24, 2.45) is 0 Å². The van der Waals surface area contributed by atoms with E-state index in [1.807, 2.05) is 20.0 Å². The van der Waals surface area contributed by atoms with Crippen molar-refractivity contribution in [2.45, 2.75) is 57.4 Å². The van der Waals surface area contributed by atoms with Crippen molar-refractivity contribution < 1.29 is 8.42 Å². The maximum absolute atomic E-state index is 12.3. The predicted octanol–water partition coefficient (Wildman–Crippen LogP) is 2.19. The Labute approximate surface area is 111 Å². The molecule has 0 bridgehead atoms. The lowest BCUT2D eigenvalue weighted by atomic mass is 10.2. The second-order valence-electron chi connectivity index (χ2n) is 5.99. The van der Waals surface area contributed by atoms with Gasteiger partial charge in [-0.3, -0.25) is 4.68 Å².